The molecule has 3 aromatic rings. The highest BCUT2D eigenvalue weighted by atomic mass is 32.2. The molecule has 1 aliphatic heterocycles. The van der Waals surface area contributed by atoms with E-state index < -0.39 is 10.0 Å². The quantitative estimate of drug-likeness (QED) is 0.276. The van der Waals surface area contributed by atoms with E-state index >= 15 is 0 Å². The Morgan fingerprint density at radius 3 is 2.71 bits per heavy atom. The van der Waals surface area contributed by atoms with Crippen molar-refractivity contribution in [1.82, 2.24) is 13.9 Å². The first-order chi connectivity index (χ1) is 16.5. The summed E-state index contributed by atoms with van der Waals surface area (Å²) in [4.78, 5) is 17.8. The molecule has 4 rings (SSSR count). The molecule has 1 saturated heterocycles. The number of hydrogen-bond acceptors (Lipinski definition) is 6. The highest BCUT2D eigenvalue weighted by molar-refractivity contribution is 7.99. The van der Waals surface area contributed by atoms with Crippen LogP contribution in [0.3, 0.4) is 0 Å². The van der Waals surface area contributed by atoms with E-state index in [1.807, 2.05) is 24.3 Å². The smallest absolute Gasteiger partial charge is 0.257 e. The molecular weight excluding hydrogens is 470 g/mol. The van der Waals surface area contributed by atoms with E-state index in [1.54, 1.807) is 24.3 Å². The number of rotatable bonds is 7. The Morgan fingerprint density at radius 2 is 1.97 bits per heavy atom. The fourth-order valence-corrected chi connectivity index (χ4v) is 6.31. The molecule has 2 heterocycles. The lowest BCUT2D eigenvalue weighted by Crippen LogP contribution is -2.35. The number of carbonyl (C=O) groups is 1. The van der Waals surface area contributed by atoms with E-state index in [2.05, 4.69) is 10.9 Å². The van der Waals surface area contributed by atoms with Gasteiger partial charge < -0.3 is 4.74 Å². The van der Waals surface area contributed by atoms with Gasteiger partial charge in [0.15, 0.2) is 5.16 Å². The number of fused-ring (bicyclic) bond motifs is 1. The first-order valence-electron chi connectivity index (χ1n) is 10.9. The molecule has 1 fully saturated rings. The molecule has 9 heteroatoms. The van der Waals surface area contributed by atoms with Crippen LogP contribution in [0.15, 0.2) is 58.6 Å². The summed E-state index contributed by atoms with van der Waals surface area (Å²) in [5.74, 6) is 2.91. The molecule has 0 saturated carbocycles. The van der Waals surface area contributed by atoms with Crippen molar-refractivity contribution >= 4 is 44.8 Å². The number of nitrogens with zero attached hydrogens (tertiary/aromatic N) is 3. The fourth-order valence-electron chi connectivity index (χ4n) is 3.90. The van der Waals surface area contributed by atoms with Crippen molar-refractivity contribution in [2.24, 2.45) is 0 Å². The molecule has 0 amide bonds. The molecule has 7 nitrogen and oxygen atoms in total. The third-order valence-corrected chi connectivity index (χ3v) is 8.34. The van der Waals surface area contributed by atoms with E-state index in [9.17, 15) is 13.2 Å². The van der Waals surface area contributed by atoms with Gasteiger partial charge in [-0.05, 0) is 48.7 Å². The second kappa shape index (κ2) is 10.5. The third-order valence-electron chi connectivity index (χ3n) is 5.57. The van der Waals surface area contributed by atoms with E-state index in [-0.39, 0.29) is 16.6 Å². The predicted molar refractivity (Wildman–Crippen MR) is 135 cm³/mol. The minimum absolute atomic E-state index is 0.102. The summed E-state index contributed by atoms with van der Waals surface area (Å²) in [5, 5.41) is 0.511. The second-order valence-corrected chi connectivity index (χ2v) is 10.6. The molecule has 0 aliphatic carbocycles. The van der Waals surface area contributed by atoms with Crippen molar-refractivity contribution in [3.8, 4) is 18.1 Å². The zero-order valence-electron chi connectivity index (χ0n) is 18.8. The first-order valence-corrected chi connectivity index (χ1v) is 13.3. The number of hydrogen-bond donors (Lipinski definition) is 0. The van der Waals surface area contributed by atoms with Crippen LogP contribution in [0.1, 0.15) is 29.6 Å². The summed E-state index contributed by atoms with van der Waals surface area (Å²) in [5.41, 5.74) is 1.95. The predicted octanol–water partition coefficient (Wildman–Crippen LogP) is 4.30. The second-order valence-electron chi connectivity index (χ2n) is 7.76. The summed E-state index contributed by atoms with van der Waals surface area (Å²) in [6.45, 7) is 0.992. The highest BCUT2D eigenvalue weighted by Gasteiger charge is 2.29. The SMILES string of the molecule is C#CCSc1nc2ccccc2n1C(=O)/C=C/c1ccc(OC)c(S(=O)(=O)N2CCCCC2)c1. The molecule has 1 aliphatic rings. The number of ether oxygens (including phenoxy) is 1. The number of para-hydroxylation sites is 2. The van der Waals surface area contributed by atoms with Crippen LogP contribution in [0.5, 0.6) is 5.75 Å². The lowest BCUT2D eigenvalue weighted by molar-refractivity contribution is 0.0965. The summed E-state index contributed by atoms with van der Waals surface area (Å²) in [7, 11) is -2.26. The van der Waals surface area contributed by atoms with Crippen LogP contribution in [0, 0.1) is 12.3 Å². The lowest BCUT2D eigenvalue weighted by Gasteiger charge is -2.26. The Morgan fingerprint density at radius 1 is 1.21 bits per heavy atom. The van der Waals surface area contributed by atoms with Crippen LogP contribution in [0.25, 0.3) is 17.1 Å². The van der Waals surface area contributed by atoms with Crippen LogP contribution >= 0.6 is 11.8 Å². The minimum Gasteiger partial charge on any atom is -0.495 e. The number of allylic oxidation sites excluding steroid dienone is 1. The Kier molecular flexibility index (Phi) is 7.41. The van der Waals surface area contributed by atoms with Gasteiger partial charge in [0.1, 0.15) is 10.6 Å². The average molecular weight is 496 g/mol. The van der Waals surface area contributed by atoms with Crippen LogP contribution in [0.2, 0.25) is 0 Å². The van der Waals surface area contributed by atoms with Gasteiger partial charge in [-0.15, -0.1) is 6.42 Å². The van der Waals surface area contributed by atoms with Gasteiger partial charge in [0, 0.05) is 19.2 Å². The van der Waals surface area contributed by atoms with Crippen molar-refractivity contribution < 1.29 is 17.9 Å². The van der Waals surface area contributed by atoms with E-state index in [4.69, 9.17) is 11.2 Å². The number of terminal acetylenes is 1. The maximum absolute atomic E-state index is 13.3. The summed E-state index contributed by atoms with van der Waals surface area (Å²) in [6, 6.07) is 12.2. The summed E-state index contributed by atoms with van der Waals surface area (Å²) >= 11 is 1.31. The lowest BCUT2D eigenvalue weighted by atomic mass is 10.2. The molecule has 0 spiro atoms. The zero-order valence-corrected chi connectivity index (χ0v) is 20.4. The van der Waals surface area contributed by atoms with Crippen LogP contribution in [-0.4, -0.2) is 54.1 Å². The monoisotopic (exact) mass is 495 g/mol. The van der Waals surface area contributed by atoms with Gasteiger partial charge in [0.05, 0.1) is 23.9 Å². The molecule has 0 bridgehead atoms. The van der Waals surface area contributed by atoms with Crippen molar-refractivity contribution in [2.45, 2.75) is 29.3 Å². The van der Waals surface area contributed by atoms with Crippen molar-refractivity contribution in [2.75, 3.05) is 26.0 Å². The first kappa shape index (κ1) is 24.1. The average Bonchev–Trinajstić information content (AvgIpc) is 3.24. The van der Waals surface area contributed by atoms with E-state index in [1.165, 1.54) is 33.8 Å². The van der Waals surface area contributed by atoms with Gasteiger partial charge in [-0.1, -0.05) is 42.3 Å². The molecule has 176 valence electrons. The maximum Gasteiger partial charge on any atom is 0.257 e. The standard InChI is InChI=1S/C25H25N3O4S2/c1-3-17-33-25-26-20-9-5-6-10-21(20)28(25)24(29)14-12-19-11-13-22(32-2)23(18-19)34(30,31)27-15-7-4-8-16-27/h1,5-6,9-14,18H,4,7-8,15-17H2,2H3/b14-12+. The molecule has 0 radical (unpaired) electrons. The van der Waals surface area contributed by atoms with Crippen molar-refractivity contribution in [1.29, 1.82) is 0 Å². The number of benzene rings is 2. The highest BCUT2D eigenvalue weighted by Crippen LogP contribution is 2.30. The van der Waals surface area contributed by atoms with E-state index in [0.29, 0.717) is 40.6 Å². The Labute approximate surface area is 203 Å². The van der Waals surface area contributed by atoms with Gasteiger partial charge in [-0.25, -0.2) is 13.4 Å². The van der Waals surface area contributed by atoms with Gasteiger partial charge in [-0.3, -0.25) is 9.36 Å². The number of methoxy groups -OCH3 is 1. The molecule has 0 atom stereocenters. The summed E-state index contributed by atoms with van der Waals surface area (Å²) < 4.78 is 34.9. The normalized spacial score (nSPS) is 14.9. The number of imidazole rings is 1. The Bertz CT molecular complexity index is 1380. The van der Waals surface area contributed by atoms with Gasteiger partial charge in [0.25, 0.3) is 5.91 Å². The molecule has 2 aromatic carbocycles. The van der Waals surface area contributed by atoms with Crippen molar-refractivity contribution in [3.05, 3.63) is 54.1 Å². The topological polar surface area (TPSA) is 81.5 Å². The number of carbonyl (C=O) groups excluding carboxylic acids is 1. The number of aromatic nitrogens is 2. The molecule has 1 aromatic heterocycles. The number of sulfonamides is 1. The van der Waals surface area contributed by atoms with Crippen LogP contribution in [-0.2, 0) is 10.0 Å². The summed E-state index contributed by atoms with van der Waals surface area (Å²) in [6.07, 6.45) is 11.1. The number of piperidine rings is 1. The molecular formula is C25H25N3O4S2. The molecule has 0 N–H and O–H groups in total. The zero-order chi connectivity index (χ0) is 24.1. The van der Waals surface area contributed by atoms with Gasteiger partial charge >= 0.3 is 0 Å². The van der Waals surface area contributed by atoms with E-state index in [0.717, 1.165) is 19.3 Å². The third kappa shape index (κ3) is 4.89. The molecule has 34 heavy (non-hydrogen) atoms. The van der Waals surface area contributed by atoms with Crippen LogP contribution in [0.4, 0.5) is 0 Å². The largest absolute Gasteiger partial charge is 0.495 e. The maximum atomic E-state index is 13.3. The Hall–Kier alpha value is -3.06. The molecule has 0 unspecified atom stereocenters. The van der Waals surface area contributed by atoms with Crippen molar-refractivity contribution in [3.63, 3.8) is 0 Å². The van der Waals surface area contributed by atoms with Gasteiger partial charge in [0.2, 0.25) is 10.0 Å². The van der Waals surface area contributed by atoms with Crippen LogP contribution < -0.4 is 4.74 Å². The minimum atomic E-state index is -3.70. The Balaban J connectivity index is 1.67. The fraction of sp³-hybridized carbons (Fsp3) is 0.280. The number of thioether (sulfide) groups is 1. The van der Waals surface area contributed by atoms with Gasteiger partial charge in [-0.2, -0.15) is 4.31 Å².